The van der Waals surface area contributed by atoms with Crippen molar-refractivity contribution >= 4 is 27.5 Å². The first kappa shape index (κ1) is 30.2. The molecular formula is C30H36N4O6S. The first-order chi connectivity index (χ1) is 19.5. The molecule has 4 rings (SSSR count). The molecule has 2 N–H and O–H groups in total. The number of hydrogen-bond acceptors (Lipinski definition) is 7. The van der Waals surface area contributed by atoms with Crippen LogP contribution in [0.15, 0.2) is 71.9 Å². The van der Waals surface area contributed by atoms with Crippen molar-refractivity contribution < 1.29 is 27.9 Å². The van der Waals surface area contributed by atoms with Gasteiger partial charge in [0.15, 0.2) is 0 Å². The zero-order valence-electron chi connectivity index (χ0n) is 23.6. The number of rotatable bonds is 8. The van der Waals surface area contributed by atoms with Gasteiger partial charge in [-0.15, -0.1) is 0 Å². The summed E-state index contributed by atoms with van der Waals surface area (Å²) < 4.78 is 34.4. The number of aryl methyl sites for hydroxylation is 1. The number of nitrogens with one attached hydrogen (secondary N) is 1. The Labute approximate surface area is 241 Å². The standard InChI is InChI=1S/C30H36N4O6S/c1-20-5-8-26(9-6-20)41(38,39)33(4)18-28-21(2)17-34(22(3)19-35)29(36)16-24-15-25(7-10-27(24)40-28)32-30(37)23-11-13-31-14-12-23/h5-15,21-22,28,35H,16-19H2,1-4H3,(H,32,37)/t21-,22+,28-/m1/s1. The maximum atomic E-state index is 13.4. The van der Waals surface area contributed by atoms with E-state index in [0.717, 1.165) is 5.56 Å². The van der Waals surface area contributed by atoms with Gasteiger partial charge in [0.2, 0.25) is 15.9 Å². The van der Waals surface area contributed by atoms with Crippen LogP contribution in [0.3, 0.4) is 0 Å². The van der Waals surface area contributed by atoms with Gasteiger partial charge in [0, 0.05) is 48.7 Å². The number of anilines is 1. The number of aromatic nitrogens is 1. The molecule has 0 aliphatic carbocycles. The number of likely N-dealkylation sites (N-methyl/N-ethyl adjacent to an activating group) is 1. The summed E-state index contributed by atoms with van der Waals surface area (Å²) in [6.45, 7) is 5.63. The predicted octanol–water partition coefficient (Wildman–Crippen LogP) is 3.11. The van der Waals surface area contributed by atoms with Crippen LogP contribution in [-0.4, -0.2) is 78.4 Å². The zero-order chi connectivity index (χ0) is 29.7. The van der Waals surface area contributed by atoms with Crippen molar-refractivity contribution in [2.75, 3.05) is 32.1 Å². The highest BCUT2D eigenvalue weighted by Crippen LogP contribution is 2.30. The van der Waals surface area contributed by atoms with Gasteiger partial charge < -0.3 is 20.1 Å². The number of fused-ring (bicyclic) bond motifs is 1. The van der Waals surface area contributed by atoms with Crippen LogP contribution in [0.5, 0.6) is 5.75 Å². The van der Waals surface area contributed by atoms with E-state index in [2.05, 4.69) is 10.3 Å². The quantitative estimate of drug-likeness (QED) is 0.419. The molecule has 2 aromatic carbocycles. The van der Waals surface area contributed by atoms with E-state index in [1.54, 1.807) is 66.4 Å². The summed E-state index contributed by atoms with van der Waals surface area (Å²) in [7, 11) is -2.29. The Morgan fingerprint density at radius 2 is 1.85 bits per heavy atom. The van der Waals surface area contributed by atoms with Crippen molar-refractivity contribution in [2.45, 2.75) is 44.2 Å². The smallest absolute Gasteiger partial charge is 0.255 e. The molecule has 2 amide bonds. The fourth-order valence-electron chi connectivity index (χ4n) is 4.67. The lowest BCUT2D eigenvalue weighted by Gasteiger charge is -2.33. The number of amides is 2. The van der Waals surface area contributed by atoms with Gasteiger partial charge in [-0.2, -0.15) is 4.31 Å². The van der Waals surface area contributed by atoms with E-state index in [-0.39, 0.29) is 48.7 Å². The second-order valence-electron chi connectivity index (χ2n) is 10.5. The van der Waals surface area contributed by atoms with Crippen molar-refractivity contribution in [2.24, 2.45) is 5.92 Å². The SMILES string of the molecule is Cc1ccc(S(=O)(=O)N(C)C[C@H]2Oc3ccc(NC(=O)c4ccncc4)cc3CC(=O)N([C@@H](C)CO)C[C@H]2C)cc1. The number of carbonyl (C=O) groups is 2. The molecule has 1 aromatic heterocycles. The number of pyridine rings is 1. The molecule has 10 nitrogen and oxygen atoms in total. The van der Waals surface area contributed by atoms with Crippen molar-refractivity contribution in [1.29, 1.82) is 0 Å². The highest BCUT2D eigenvalue weighted by atomic mass is 32.2. The van der Waals surface area contributed by atoms with Gasteiger partial charge in [-0.25, -0.2) is 8.42 Å². The number of nitrogens with zero attached hydrogens (tertiary/aromatic N) is 3. The second-order valence-corrected chi connectivity index (χ2v) is 12.5. The summed E-state index contributed by atoms with van der Waals surface area (Å²) in [5.41, 5.74) is 2.41. The lowest BCUT2D eigenvalue weighted by molar-refractivity contribution is -0.134. The molecule has 2 heterocycles. The first-order valence-corrected chi connectivity index (χ1v) is 14.9. The number of sulfonamides is 1. The maximum Gasteiger partial charge on any atom is 0.255 e. The minimum absolute atomic E-state index is 0.0183. The van der Waals surface area contributed by atoms with Crippen LogP contribution >= 0.6 is 0 Å². The molecule has 1 aliphatic rings. The van der Waals surface area contributed by atoms with E-state index in [0.29, 0.717) is 22.6 Å². The van der Waals surface area contributed by atoms with E-state index in [4.69, 9.17) is 4.74 Å². The first-order valence-electron chi connectivity index (χ1n) is 13.4. The third-order valence-corrected chi connectivity index (χ3v) is 9.12. The van der Waals surface area contributed by atoms with Crippen molar-refractivity contribution in [3.8, 4) is 5.75 Å². The Balaban J connectivity index is 1.65. The fraction of sp³-hybridized carbons (Fsp3) is 0.367. The molecule has 0 saturated heterocycles. The number of aliphatic hydroxyl groups is 1. The second kappa shape index (κ2) is 12.8. The molecule has 0 saturated carbocycles. The van der Waals surface area contributed by atoms with Gasteiger partial charge in [-0.3, -0.25) is 14.6 Å². The molecular weight excluding hydrogens is 544 g/mol. The van der Waals surface area contributed by atoms with Gasteiger partial charge in [0.25, 0.3) is 5.91 Å². The number of ether oxygens (including phenoxy) is 1. The Bertz CT molecular complexity index is 1480. The molecule has 0 radical (unpaired) electrons. The van der Waals surface area contributed by atoms with Crippen LogP contribution in [0, 0.1) is 12.8 Å². The number of carbonyl (C=O) groups excluding carboxylic acids is 2. The van der Waals surface area contributed by atoms with E-state index in [1.807, 2.05) is 13.8 Å². The average molecular weight is 581 g/mol. The van der Waals surface area contributed by atoms with Gasteiger partial charge in [0.1, 0.15) is 11.9 Å². The highest BCUT2D eigenvalue weighted by molar-refractivity contribution is 7.89. The molecule has 11 heteroatoms. The molecule has 3 aromatic rings. The number of aliphatic hydroxyl groups excluding tert-OH is 1. The lowest BCUT2D eigenvalue weighted by Crippen LogP contribution is -2.48. The van der Waals surface area contributed by atoms with E-state index in [9.17, 15) is 23.1 Å². The van der Waals surface area contributed by atoms with E-state index < -0.39 is 22.2 Å². The van der Waals surface area contributed by atoms with Crippen LogP contribution in [-0.2, 0) is 21.2 Å². The molecule has 0 fully saturated rings. The van der Waals surface area contributed by atoms with E-state index in [1.165, 1.54) is 23.7 Å². The third kappa shape index (κ3) is 7.10. The number of hydrogen-bond donors (Lipinski definition) is 2. The molecule has 218 valence electrons. The van der Waals surface area contributed by atoms with Gasteiger partial charge in [-0.1, -0.05) is 24.6 Å². The summed E-state index contributed by atoms with van der Waals surface area (Å²) in [6.07, 6.45) is 2.42. The topological polar surface area (TPSA) is 129 Å². The average Bonchev–Trinajstić information content (AvgIpc) is 3.00. The Morgan fingerprint density at radius 1 is 1.17 bits per heavy atom. The number of benzene rings is 2. The molecule has 1 aliphatic heterocycles. The minimum Gasteiger partial charge on any atom is -0.488 e. The van der Waals surface area contributed by atoms with Crippen molar-refractivity contribution in [1.82, 2.24) is 14.2 Å². The molecule has 0 unspecified atom stereocenters. The van der Waals surface area contributed by atoms with E-state index >= 15 is 0 Å². The highest BCUT2D eigenvalue weighted by Gasteiger charge is 2.33. The van der Waals surface area contributed by atoms with Crippen LogP contribution in [0.4, 0.5) is 5.69 Å². The summed E-state index contributed by atoms with van der Waals surface area (Å²) in [6, 6.07) is 14.5. The Kier molecular flexibility index (Phi) is 9.42. The largest absolute Gasteiger partial charge is 0.488 e. The van der Waals surface area contributed by atoms with Gasteiger partial charge >= 0.3 is 0 Å². The fourth-order valence-corrected chi connectivity index (χ4v) is 5.86. The molecule has 3 atom stereocenters. The maximum absolute atomic E-state index is 13.4. The summed E-state index contributed by atoms with van der Waals surface area (Å²) >= 11 is 0. The lowest BCUT2D eigenvalue weighted by atomic mass is 10.0. The summed E-state index contributed by atoms with van der Waals surface area (Å²) in [5, 5.41) is 12.7. The molecule has 41 heavy (non-hydrogen) atoms. The molecule has 0 spiro atoms. The monoisotopic (exact) mass is 580 g/mol. The van der Waals surface area contributed by atoms with Gasteiger partial charge in [-0.05, 0) is 56.3 Å². The molecule has 0 bridgehead atoms. The minimum atomic E-state index is -3.80. The summed E-state index contributed by atoms with van der Waals surface area (Å²) in [5.74, 6) is -0.382. The zero-order valence-corrected chi connectivity index (χ0v) is 24.5. The van der Waals surface area contributed by atoms with Crippen molar-refractivity contribution in [3.63, 3.8) is 0 Å². The Hall–Kier alpha value is -3.80. The van der Waals surface area contributed by atoms with Crippen LogP contribution in [0.2, 0.25) is 0 Å². The van der Waals surface area contributed by atoms with Crippen LogP contribution in [0.1, 0.15) is 35.3 Å². The summed E-state index contributed by atoms with van der Waals surface area (Å²) in [4.78, 5) is 31.9. The van der Waals surface area contributed by atoms with Gasteiger partial charge in [0.05, 0.1) is 30.5 Å². The predicted molar refractivity (Wildman–Crippen MR) is 155 cm³/mol. The van der Waals surface area contributed by atoms with Crippen LogP contribution < -0.4 is 10.1 Å². The Morgan fingerprint density at radius 3 is 2.51 bits per heavy atom. The third-order valence-electron chi connectivity index (χ3n) is 7.28. The van der Waals surface area contributed by atoms with Crippen molar-refractivity contribution in [3.05, 3.63) is 83.7 Å². The van der Waals surface area contributed by atoms with Crippen LogP contribution in [0.25, 0.3) is 0 Å². The normalized spacial score (nSPS) is 18.5.